The number of fused-ring (bicyclic) bond motifs is 1. The van der Waals surface area contributed by atoms with Crippen molar-refractivity contribution in [2.45, 2.75) is 0 Å². The van der Waals surface area contributed by atoms with Crippen LogP contribution >= 0.6 is 11.6 Å². The number of carbonyl (C=O) groups is 2. The fraction of sp³-hybridized carbons (Fsp3) is 0.100. The number of carbonyl (C=O) groups excluding carboxylic acids is 2. The van der Waals surface area contributed by atoms with Gasteiger partial charge < -0.3 is 9.90 Å². The van der Waals surface area contributed by atoms with Crippen LogP contribution in [0.15, 0.2) is 40.0 Å². The second kappa shape index (κ2) is 5.10. The first-order valence-electron chi connectivity index (χ1n) is 4.19. The van der Waals surface area contributed by atoms with Crippen LogP contribution in [0.4, 0.5) is 0 Å². The van der Waals surface area contributed by atoms with Crippen molar-refractivity contribution in [1.82, 2.24) is 0 Å². The molecule has 0 aromatic rings. The predicted molar refractivity (Wildman–Crippen MR) is 52.1 cm³/mol. The van der Waals surface area contributed by atoms with Crippen molar-refractivity contribution in [2.24, 2.45) is 10.9 Å². The monoisotopic (exact) mass is 245 g/mol. The van der Waals surface area contributed by atoms with Crippen molar-refractivity contribution in [3.63, 3.8) is 0 Å². The fourth-order valence-electron chi connectivity index (χ4n) is 1.41. The average Bonchev–Trinajstić information content (AvgIpc) is 2.16. The van der Waals surface area contributed by atoms with E-state index in [1.807, 2.05) is 0 Å². The van der Waals surface area contributed by atoms with Gasteiger partial charge in [0.25, 0.3) is 0 Å². The number of carboxylic acid groups (broad SMARTS) is 1. The Balaban J connectivity index is 0.00000128. The van der Waals surface area contributed by atoms with E-state index in [2.05, 4.69) is 4.99 Å². The molecule has 0 aromatic heterocycles. The summed E-state index contributed by atoms with van der Waals surface area (Å²) in [6.45, 7) is 0. The third-order valence-electron chi connectivity index (χ3n) is 2.10. The Bertz CT molecular complexity index is 476. The van der Waals surface area contributed by atoms with Gasteiger partial charge in [-0.1, -0.05) is 17.7 Å². The molecule has 1 aliphatic carbocycles. The van der Waals surface area contributed by atoms with Gasteiger partial charge in [-0.25, -0.2) is 0 Å². The second-order valence-electron chi connectivity index (χ2n) is 3.12. The van der Waals surface area contributed by atoms with E-state index in [0.717, 1.165) is 6.08 Å². The van der Waals surface area contributed by atoms with Gasteiger partial charge in [0, 0.05) is 11.1 Å². The number of halogens is 1. The van der Waals surface area contributed by atoms with E-state index in [9.17, 15) is 14.7 Å². The van der Waals surface area contributed by atoms with Gasteiger partial charge in [0.2, 0.25) is 0 Å². The van der Waals surface area contributed by atoms with E-state index in [-0.39, 0.29) is 41.0 Å². The summed E-state index contributed by atoms with van der Waals surface area (Å²) < 4.78 is 0. The Morgan fingerprint density at radius 2 is 2.12 bits per heavy atom. The second-order valence-corrected chi connectivity index (χ2v) is 3.56. The molecule has 6 heteroatoms. The van der Waals surface area contributed by atoms with E-state index in [1.54, 1.807) is 12.2 Å². The fourth-order valence-corrected chi connectivity index (χ4v) is 1.59. The van der Waals surface area contributed by atoms with Gasteiger partial charge in [0.05, 0.1) is 23.3 Å². The molecule has 0 saturated carbocycles. The quantitative estimate of drug-likeness (QED) is 0.461. The number of hydrogen-bond acceptors (Lipinski definition) is 4. The third kappa shape index (κ3) is 2.52. The minimum Gasteiger partial charge on any atom is -0.543 e. The van der Waals surface area contributed by atoms with Crippen LogP contribution in [0.3, 0.4) is 0 Å². The van der Waals surface area contributed by atoms with Crippen molar-refractivity contribution in [3.8, 4) is 0 Å². The molecule has 0 amide bonds. The molecule has 1 atom stereocenters. The topological polar surface area (TPSA) is 69.6 Å². The molecule has 0 saturated heterocycles. The first kappa shape index (κ1) is 13.4. The normalized spacial score (nSPS) is 22.4. The van der Waals surface area contributed by atoms with Crippen molar-refractivity contribution >= 4 is 29.1 Å². The number of nitrogens with zero attached hydrogens (tertiary/aromatic N) is 1. The predicted octanol–water partition coefficient (Wildman–Crippen LogP) is -3.04. The van der Waals surface area contributed by atoms with Crippen LogP contribution in [0, 0.1) is 5.92 Å². The Kier molecular flexibility index (Phi) is 4.27. The molecule has 4 nitrogen and oxygen atoms in total. The zero-order chi connectivity index (χ0) is 11.0. The summed E-state index contributed by atoms with van der Waals surface area (Å²) in [5.41, 5.74) is -0.0172. The SMILES string of the molecule is O=C([O-])C1=CC(=O)C2C=CC(Cl)=CC2=N1.[Na+]. The van der Waals surface area contributed by atoms with E-state index >= 15 is 0 Å². The van der Waals surface area contributed by atoms with E-state index in [4.69, 9.17) is 11.6 Å². The molecular weight excluding hydrogens is 241 g/mol. The van der Waals surface area contributed by atoms with Crippen LogP contribution in [-0.4, -0.2) is 17.5 Å². The molecule has 0 spiro atoms. The summed E-state index contributed by atoms with van der Waals surface area (Å²) in [6.07, 6.45) is 5.62. The minimum absolute atomic E-state index is 0. The molecule has 76 valence electrons. The van der Waals surface area contributed by atoms with Gasteiger partial charge in [-0.2, -0.15) is 0 Å². The standard InChI is InChI=1S/C10H6ClNO3.Na/c11-5-1-2-6-7(3-5)12-8(10(14)15)4-9(6)13;/h1-4,6H,(H,14,15);/q;+1/p-1. The van der Waals surface area contributed by atoms with Gasteiger partial charge in [0.15, 0.2) is 5.78 Å². The van der Waals surface area contributed by atoms with E-state index in [1.165, 1.54) is 6.08 Å². The molecule has 0 aromatic carbocycles. The first-order valence-corrected chi connectivity index (χ1v) is 4.56. The summed E-state index contributed by atoms with van der Waals surface area (Å²) in [5.74, 6) is -2.31. The molecule has 0 N–H and O–H groups in total. The Morgan fingerprint density at radius 3 is 2.75 bits per heavy atom. The number of hydrogen-bond donors (Lipinski definition) is 0. The average molecular weight is 246 g/mol. The van der Waals surface area contributed by atoms with Crippen LogP contribution in [0.2, 0.25) is 0 Å². The number of carboxylic acids is 1. The van der Waals surface area contributed by atoms with Crippen LogP contribution in [0.1, 0.15) is 0 Å². The van der Waals surface area contributed by atoms with Crippen molar-refractivity contribution < 1.29 is 44.3 Å². The van der Waals surface area contributed by atoms with Gasteiger partial charge >= 0.3 is 29.6 Å². The van der Waals surface area contributed by atoms with Crippen LogP contribution in [0.5, 0.6) is 0 Å². The molecule has 1 heterocycles. The number of allylic oxidation sites excluding steroid dienone is 5. The zero-order valence-corrected chi connectivity index (χ0v) is 11.2. The first-order chi connectivity index (χ1) is 7.08. The third-order valence-corrected chi connectivity index (χ3v) is 2.33. The molecule has 0 bridgehead atoms. The number of aliphatic imine (C=N–C) groups is 1. The van der Waals surface area contributed by atoms with Crippen molar-refractivity contribution in [1.29, 1.82) is 0 Å². The maximum Gasteiger partial charge on any atom is 1.00 e. The molecule has 0 radical (unpaired) electrons. The molecule has 2 aliphatic rings. The summed E-state index contributed by atoms with van der Waals surface area (Å²) in [4.78, 5) is 25.8. The van der Waals surface area contributed by atoms with Crippen molar-refractivity contribution in [3.05, 3.63) is 35.0 Å². The Hall–Kier alpha value is -0.680. The summed E-state index contributed by atoms with van der Waals surface area (Å²) in [7, 11) is 0. The Labute approximate surface area is 119 Å². The zero-order valence-electron chi connectivity index (χ0n) is 8.44. The molecule has 1 unspecified atom stereocenters. The van der Waals surface area contributed by atoms with Crippen LogP contribution in [0.25, 0.3) is 0 Å². The minimum atomic E-state index is -1.46. The van der Waals surface area contributed by atoms with Gasteiger partial charge in [-0.3, -0.25) is 9.79 Å². The number of aliphatic carboxylic acids is 1. The molecule has 2 rings (SSSR count). The number of rotatable bonds is 1. The Morgan fingerprint density at radius 1 is 1.44 bits per heavy atom. The summed E-state index contributed by atoms with van der Waals surface area (Å²) >= 11 is 5.71. The van der Waals surface area contributed by atoms with Gasteiger partial charge in [-0.05, 0) is 12.2 Å². The summed E-state index contributed by atoms with van der Waals surface area (Å²) in [6, 6.07) is 0. The maximum absolute atomic E-state index is 11.5. The molecule has 16 heavy (non-hydrogen) atoms. The smallest absolute Gasteiger partial charge is 0.543 e. The molecular formula is C10H5ClNNaO3. The largest absolute Gasteiger partial charge is 1.00 e. The maximum atomic E-state index is 11.5. The van der Waals surface area contributed by atoms with Crippen molar-refractivity contribution in [2.75, 3.05) is 0 Å². The molecule has 1 aliphatic heterocycles. The molecule has 0 fully saturated rings. The number of ketones is 1. The van der Waals surface area contributed by atoms with Gasteiger partial charge in [-0.15, -0.1) is 0 Å². The van der Waals surface area contributed by atoms with E-state index in [0.29, 0.717) is 10.7 Å². The van der Waals surface area contributed by atoms with E-state index < -0.39 is 11.9 Å². The van der Waals surface area contributed by atoms with Crippen LogP contribution in [-0.2, 0) is 9.59 Å². The van der Waals surface area contributed by atoms with Crippen LogP contribution < -0.4 is 34.7 Å². The summed E-state index contributed by atoms with van der Waals surface area (Å²) in [5, 5.41) is 11.0. The van der Waals surface area contributed by atoms with Gasteiger partial charge in [0.1, 0.15) is 0 Å².